The predicted octanol–water partition coefficient (Wildman–Crippen LogP) is 5.90. The summed E-state index contributed by atoms with van der Waals surface area (Å²) >= 11 is 0. The first-order chi connectivity index (χ1) is 12.9. The minimum Gasteiger partial charge on any atom is -0.327 e. The standard InChI is InChI=1S/C24H26N2O/c1-24(2,3)20-14-16-21(17-15-20)25-23(27)26-22(18-10-6-4-7-11-18)19-12-8-5-9-13-19/h4-17,22H,1-3H3,(H2,25,26,27). The Morgan fingerprint density at radius 3 is 1.67 bits per heavy atom. The van der Waals surface area contributed by atoms with Crippen molar-refractivity contribution in [3.8, 4) is 0 Å². The van der Waals surface area contributed by atoms with Crippen molar-refractivity contribution in [3.63, 3.8) is 0 Å². The van der Waals surface area contributed by atoms with Crippen LogP contribution in [0, 0.1) is 0 Å². The van der Waals surface area contributed by atoms with Gasteiger partial charge < -0.3 is 10.6 Å². The van der Waals surface area contributed by atoms with Crippen LogP contribution in [0.15, 0.2) is 84.9 Å². The Hall–Kier alpha value is -3.07. The van der Waals surface area contributed by atoms with E-state index in [0.717, 1.165) is 16.8 Å². The van der Waals surface area contributed by atoms with Crippen molar-refractivity contribution >= 4 is 11.7 Å². The van der Waals surface area contributed by atoms with E-state index in [1.807, 2.05) is 72.8 Å². The summed E-state index contributed by atoms with van der Waals surface area (Å²) < 4.78 is 0. The quantitative estimate of drug-likeness (QED) is 0.599. The number of hydrogen-bond donors (Lipinski definition) is 2. The molecule has 0 fully saturated rings. The van der Waals surface area contributed by atoms with Gasteiger partial charge in [0, 0.05) is 5.69 Å². The van der Waals surface area contributed by atoms with Crippen molar-refractivity contribution in [2.45, 2.75) is 32.2 Å². The van der Waals surface area contributed by atoms with Crippen molar-refractivity contribution in [2.24, 2.45) is 0 Å². The van der Waals surface area contributed by atoms with Gasteiger partial charge in [-0.15, -0.1) is 0 Å². The largest absolute Gasteiger partial charge is 0.327 e. The van der Waals surface area contributed by atoms with Crippen LogP contribution in [0.25, 0.3) is 0 Å². The number of benzene rings is 3. The van der Waals surface area contributed by atoms with Gasteiger partial charge in [0.1, 0.15) is 0 Å². The number of nitrogens with one attached hydrogen (secondary N) is 2. The molecule has 0 bridgehead atoms. The molecular formula is C24H26N2O. The Morgan fingerprint density at radius 2 is 1.22 bits per heavy atom. The maximum atomic E-state index is 12.6. The Labute approximate surface area is 161 Å². The molecule has 27 heavy (non-hydrogen) atoms. The van der Waals surface area contributed by atoms with Crippen LogP contribution in [0.3, 0.4) is 0 Å². The average Bonchev–Trinajstić information content (AvgIpc) is 2.67. The lowest BCUT2D eigenvalue weighted by molar-refractivity contribution is 0.250. The first kappa shape index (κ1) is 18.7. The highest BCUT2D eigenvalue weighted by molar-refractivity contribution is 5.89. The van der Waals surface area contributed by atoms with E-state index in [9.17, 15) is 4.79 Å². The summed E-state index contributed by atoms with van der Waals surface area (Å²) in [5.41, 5.74) is 4.19. The van der Waals surface area contributed by atoms with E-state index < -0.39 is 0 Å². The fraction of sp³-hybridized carbons (Fsp3) is 0.208. The lowest BCUT2D eigenvalue weighted by Crippen LogP contribution is -2.33. The first-order valence-electron chi connectivity index (χ1n) is 9.21. The molecule has 3 nitrogen and oxygen atoms in total. The van der Waals surface area contributed by atoms with Crippen LogP contribution in [0.5, 0.6) is 0 Å². The van der Waals surface area contributed by atoms with Crippen LogP contribution < -0.4 is 10.6 Å². The Bertz CT molecular complexity index is 826. The van der Waals surface area contributed by atoms with Gasteiger partial charge in [0.05, 0.1) is 6.04 Å². The summed E-state index contributed by atoms with van der Waals surface area (Å²) in [7, 11) is 0. The van der Waals surface area contributed by atoms with Crippen molar-refractivity contribution in [1.29, 1.82) is 0 Å². The molecule has 0 heterocycles. The number of rotatable bonds is 4. The van der Waals surface area contributed by atoms with Crippen LogP contribution in [0.1, 0.15) is 43.5 Å². The number of amides is 2. The van der Waals surface area contributed by atoms with Gasteiger partial charge in [-0.05, 0) is 34.2 Å². The third-order valence-electron chi connectivity index (χ3n) is 4.55. The molecule has 138 valence electrons. The summed E-state index contributed by atoms with van der Waals surface area (Å²) in [6.07, 6.45) is 0. The molecule has 0 saturated carbocycles. The number of carbonyl (C=O) groups excluding carboxylic acids is 1. The number of hydrogen-bond acceptors (Lipinski definition) is 1. The molecule has 0 radical (unpaired) electrons. The van der Waals surface area contributed by atoms with Gasteiger partial charge in [-0.2, -0.15) is 0 Å². The fourth-order valence-electron chi connectivity index (χ4n) is 3.00. The zero-order valence-electron chi connectivity index (χ0n) is 16.1. The smallest absolute Gasteiger partial charge is 0.319 e. The molecule has 0 aliphatic heterocycles. The topological polar surface area (TPSA) is 41.1 Å². The lowest BCUT2D eigenvalue weighted by atomic mass is 9.87. The van der Waals surface area contributed by atoms with Crippen LogP contribution in [0.2, 0.25) is 0 Å². The van der Waals surface area contributed by atoms with E-state index in [1.54, 1.807) is 0 Å². The minimum absolute atomic E-state index is 0.0898. The number of anilines is 1. The SMILES string of the molecule is CC(C)(C)c1ccc(NC(=O)NC(c2ccccc2)c2ccccc2)cc1. The molecule has 0 aliphatic rings. The maximum absolute atomic E-state index is 12.6. The summed E-state index contributed by atoms with van der Waals surface area (Å²) in [6, 6.07) is 27.5. The molecule has 0 aliphatic carbocycles. The van der Waals surface area contributed by atoms with E-state index >= 15 is 0 Å². The second-order valence-corrected chi connectivity index (χ2v) is 7.68. The molecule has 0 saturated heterocycles. The predicted molar refractivity (Wildman–Crippen MR) is 112 cm³/mol. The van der Waals surface area contributed by atoms with Crippen molar-refractivity contribution in [1.82, 2.24) is 5.32 Å². The van der Waals surface area contributed by atoms with Crippen LogP contribution in [-0.2, 0) is 5.41 Å². The fourth-order valence-corrected chi connectivity index (χ4v) is 3.00. The zero-order valence-corrected chi connectivity index (χ0v) is 16.1. The summed E-state index contributed by atoms with van der Waals surface area (Å²) in [6.45, 7) is 6.52. The minimum atomic E-state index is -0.226. The number of carbonyl (C=O) groups is 1. The number of urea groups is 1. The van der Waals surface area contributed by atoms with E-state index in [0.29, 0.717) is 0 Å². The van der Waals surface area contributed by atoms with Crippen LogP contribution >= 0.6 is 0 Å². The van der Waals surface area contributed by atoms with E-state index in [4.69, 9.17) is 0 Å². The Balaban J connectivity index is 1.75. The molecule has 3 heteroatoms. The van der Waals surface area contributed by atoms with Crippen molar-refractivity contribution in [3.05, 3.63) is 102 Å². The van der Waals surface area contributed by atoms with Crippen LogP contribution in [0.4, 0.5) is 10.5 Å². The summed E-state index contributed by atoms with van der Waals surface area (Å²) in [4.78, 5) is 12.6. The van der Waals surface area contributed by atoms with E-state index in [2.05, 4.69) is 43.5 Å². The lowest BCUT2D eigenvalue weighted by Gasteiger charge is -2.21. The highest BCUT2D eigenvalue weighted by Gasteiger charge is 2.17. The molecule has 2 amide bonds. The van der Waals surface area contributed by atoms with Crippen molar-refractivity contribution < 1.29 is 4.79 Å². The molecule has 3 aromatic rings. The Morgan fingerprint density at radius 1 is 0.741 bits per heavy atom. The van der Waals surface area contributed by atoms with Gasteiger partial charge in [-0.25, -0.2) is 4.79 Å². The molecule has 0 unspecified atom stereocenters. The van der Waals surface area contributed by atoms with E-state index in [-0.39, 0.29) is 17.5 Å². The summed E-state index contributed by atoms with van der Waals surface area (Å²) in [5.74, 6) is 0. The van der Waals surface area contributed by atoms with Gasteiger partial charge in [0.25, 0.3) is 0 Å². The zero-order chi connectivity index (χ0) is 19.3. The first-order valence-corrected chi connectivity index (χ1v) is 9.21. The molecule has 0 atom stereocenters. The molecule has 2 N–H and O–H groups in total. The van der Waals surface area contributed by atoms with Gasteiger partial charge in [-0.1, -0.05) is 93.6 Å². The highest BCUT2D eigenvalue weighted by Crippen LogP contribution is 2.24. The molecule has 3 aromatic carbocycles. The molecular weight excluding hydrogens is 332 g/mol. The second kappa shape index (κ2) is 8.09. The normalized spacial score (nSPS) is 11.3. The van der Waals surface area contributed by atoms with Gasteiger partial charge in [0.15, 0.2) is 0 Å². The van der Waals surface area contributed by atoms with Gasteiger partial charge in [0.2, 0.25) is 0 Å². The summed E-state index contributed by atoms with van der Waals surface area (Å²) in [5, 5.41) is 6.03. The highest BCUT2D eigenvalue weighted by atomic mass is 16.2. The molecule has 0 aromatic heterocycles. The third kappa shape index (κ3) is 4.98. The monoisotopic (exact) mass is 358 g/mol. The average molecular weight is 358 g/mol. The van der Waals surface area contributed by atoms with Gasteiger partial charge >= 0.3 is 6.03 Å². The maximum Gasteiger partial charge on any atom is 0.319 e. The van der Waals surface area contributed by atoms with Crippen molar-refractivity contribution in [2.75, 3.05) is 5.32 Å². The van der Waals surface area contributed by atoms with Crippen LogP contribution in [-0.4, -0.2) is 6.03 Å². The molecule has 3 rings (SSSR count). The Kier molecular flexibility index (Phi) is 5.60. The van der Waals surface area contributed by atoms with Gasteiger partial charge in [-0.3, -0.25) is 0 Å². The second-order valence-electron chi connectivity index (χ2n) is 7.68. The molecule has 0 spiro atoms. The third-order valence-corrected chi connectivity index (χ3v) is 4.55. The van der Waals surface area contributed by atoms with E-state index in [1.165, 1.54) is 5.56 Å².